The van der Waals surface area contributed by atoms with Gasteiger partial charge in [0.2, 0.25) is 0 Å². The van der Waals surface area contributed by atoms with Gasteiger partial charge in [0.05, 0.1) is 5.60 Å². The second-order valence-electron chi connectivity index (χ2n) is 5.38. The van der Waals surface area contributed by atoms with E-state index in [0.29, 0.717) is 6.42 Å². The maximum absolute atomic E-state index is 11.0. The predicted molar refractivity (Wildman–Crippen MR) is 75.4 cm³/mol. The summed E-state index contributed by atoms with van der Waals surface area (Å²) in [5.74, 6) is -0.519. The zero-order chi connectivity index (χ0) is 14.7. The molecule has 1 amide bonds. The molecule has 0 aliphatic heterocycles. The van der Waals surface area contributed by atoms with Gasteiger partial charge >= 0.3 is 6.09 Å². The number of nitrogens with two attached hydrogens (primary N) is 1. The molecule has 0 aromatic carbocycles. The van der Waals surface area contributed by atoms with E-state index in [4.69, 9.17) is 10.5 Å². The van der Waals surface area contributed by atoms with Crippen LogP contribution in [-0.4, -0.2) is 22.4 Å². The van der Waals surface area contributed by atoms with Gasteiger partial charge in [0, 0.05) is 11.8 Å². The van der Waals surface area contributed by atoms with Crippen molar-refractivity contribution < 1.29 is 14.6 Å². The summed E-state index contributed by atoms with van der Waals surface area (Å²) in [6, 6.07) is 0. The third-order valence-corrected chi connectivity index (χ3v) is 3.75. The number of hydrogen-bond acceptors (Lipinski definition) is 3. The van der Waals surface area contributed by atoms with Gasteiger partial charge in [-0.05, 0) is 20.3 Å². The van der Waals surface area contributed by atoms with Crippen molar-refractivity contribution in [3.63, 3.8) is 0 Å². The molecular formula is C15H23NO3. The van der Waals surface area contributed by atoms with Crippen LogP contribution in [0.2, 0.25) is 0 Å². The Hall–Kier alpha value is -1.55. The molecule has 0 bridgehead atoms. The first-order valence-corrected chi connectivity index (χ1v) is 6.47. The number of hydrogen-bond donors (Lipinski definition) is 2. The van der Waals surface area contributed by atoms with Crippen molar-refractivity contribution >= 4 is 6.09 Å². The number of rotatable bonds is 5. The van der Waals surface area contributed by atoms with E-state index in [2.05, 4.69) is 6.58 Å². The summed E-state index contributed by atoms with van der Waals surface area (Å²) < 4.78 is 5.19. The standard InChI is InChI=1S/C15H23NO3/c1-5-11-9-7-8-10-15(11,18)12(6-2)14(3,4)19-13(16)17/h5,7-12,18H,1,6H2,2-4H3,(H2,16,17). The Morgan fingerprint density at radius 1 is 1.63 bits per heavy atom. The molecule has 1 aliphatic carbocycles. The van der Waals surface area contributed by atoms with Crippen LogP contribution in [0.5, 0.6) is 0 Å². The lowest BCUT2D eigenvalue weighted by Crippen LogP contribution is -2.53. The molecule has 0 radical (unpaired) electrons. The molecule has 4 heteroatoms. The second-order valence-corrected chi connectivity index (χ2v) is 5.38. The molecule has 19 heavy (non-hydrogen) atoms. The Morgan fingerprint density at radius 2 is 2.26 bits per heavy atom. The Bertz CT molecular complexity index is 412. The van der Waals surface area contributed by atoms with Crippen LogP contribution in [0.15, 0.2) is 37.0 Å². The van der Waals surface area contributed by atoms with Crippen molar-refractivity contribution in [2.75, 3.05) is 0 Å². The monoisotopic (exact) mass is 265 g/mol. The maximum atomic E-state index is 11.0. The predicted octanol–water partition coefficient (Wildman–Crippen LogP) is 2.55. The maximum Gasteiger partial charge on any atom is 0.405 e. The van der Waals surface area contributed by atoms with Gasteiger partial charge in [0.25, 0.3) is 0 Å². The van der Waals surface area contributed by atoms with Gasteiger partial charge in [0.15, 0.2) is 0 Å². The van der Waals surface area contributed by atoms with E-state index in [0.717, 1.165) is 0 Å². The highest BCUT2D eigenvalue weighted by molar-refractivity contribution is 5.65. The number of carbonyl (C=O) groups is 1. The quantitative estimate of drug-likeness (QED) is 0.750. The molecular weight excluding hydrogens is 242 g/mol. The molecule has 3 unspecified atom stereocenters. The summed E-state index contributed by atoms with van der Waals surface area (Å²) in [6.07, 6.45) is 8.79. The molecule has 1 aliphatic rings. The van der Waals surface area contributed by atoms with Crippen molar-refractivity contribution in [2.45, 2.75) is 38.4 Å². The van der Waals surface area contributed by atoms with Crippen LogP contribution >= 0.6 is 0 Å². The van der Waals surface area contributed by atoms with E-state index in [1.165, 1.54) is 0 Å². The number of amides is 1. The molecule has 0 aromatic heterocycles. The van der Waals surface area contributed by atoms with E-state index in [-0.39, 0.29) is 11.8 Å². The molecule has 0 fully saturated rings. The first-order valence-electron chi connectivity index (χ1n) is 6.47. The molecule has 106 valence electrons. The highest BCUT2D eigenvalue weighted by Crippen LogP contribution is 2.41. The highest BCUT2D eigenvalue weighted by atomic mass is 16.6. The summed E-state index contributed by atoms with van der Waals surface area (Å²) in [7, 11) is 0. The third-order valence-electron chi connectivity index (χ3n) is 3.75. The number of aliphatic hydroxyl groups is 1. The topological polar surface area (TPSA) is 72.6 Å². The van der Waals surface area contributed by atoms with Crippen molar-refractivity contribution in [3.8, 4) is 0 Å². The number of ether oxygens (including phenoxy) is 1. The molecule has 3 N–H and O–H groups in total. The summed E-state index contributed by atoms with van der Waals surface area (Å²) in [4.78, 5) is 11.0. The largest absolute Gasteiger partial charge is 0.443 e. The van der Waals surface area contributed by atoms with E-state index in [1.807, 2.05) is 19.1 Å². The smallest absolute Gasteiger partial charge is 0.405 e. The van der Waals surface area contributed by atoms with E-state index >= 15 is 0 Å². The molecule has 1 rings (SSSR count). The van der Waals surface area contributed by atoms with Gasteiger partial charge in [-0.1, -0.05) is 37.3 Å². The number of allylic oxidation sites excluding steroid dienone is 2. The summed E-state index contributed by atoms with van der Waals surface area (Å²) in [6.45, 7) is 9.23. The van der Waals surface area contributed by atoms with Gasteiger partial charge in [-0.15, -0.1) is 6.58 Å². The minimum Gasteiger partial charge on any atom is -0.443 e. The summed E-state index contributed by atoms with van der Waals surface area (Å²) in [5.41, 5.74) is 3.11. The van der Waals surface area contributed by atoms with Crippen molar-refractivity contribution in [2.24, 2.45) is 17.6 Å². The average molecular weight is 265 g/mol. The van der Waals surface area contributed by atoms with Crippen LogP contribution in [-0.2, 0) is 4.74 Å². The Kier molecular flexibility index (Phi) is 4.58. The SMILES string of the molecule is C=CC1C=CC=CC1(O)C(CC)C(C)(C)OC(N)=O. The van der Waals surface area contributed by atoms with Crippen molar-refractivity contribution in [1.82, 2.24) is 0 Å². The minimum absolute atomic E-state index is 0.224. The molecule has 3 atom stereocenters. The lowest BCUT2D eigenvalue weighted by atomic mass is 9.67. The molecule has 0 heterocycles. The zero-order valence-electron chi connectivity index (χ0n) is 11.8. The summed E-state index contributed by atoms with van der Waals surface area (Å²) >= 11 is 0. The average Bonchev–Trinajstić information content (AvgIpc) is 2.27. The van der Waals surface area contributed by atoms with Crippen LogP contribution in [0, 0.1) is 11.8 Å². The van der Waals surface area contributed by atoms with Crippen LogP contribution < -0.4 is 5.73 Å². The van der Waals surface area contributed by atoms with E-state index in [9.17, 15) is 9.90 Å². The highest BCUT2D eigenvalue weighted by Gasteiger charge is 2.48. The van der Waals surface area contributed by atoms with E-state index in [1.54, 1.807) is 32.1 Å². The first-order chi connectivity index (χ1) is 8.78. The zero-order valence-corrected chi connectivity index (χ0v) is 11.8. The summed E-state index contributed by atoms with van der Waals surface area (Å²) in [5, 5.41) is 11.0. The van der Waals surface area contributed by atoms with Crippen molar-refractivity contribution in [1.29, 1.82) is 0 Å². The molecule has 0 spiro atoms. The number of primary amides is 1. The second kappa shape index (κ2) is 5.61. The first kappa shape index (κ1) is 15.5. The Morgan fingerprint density at radius 3 is 2.74 bits per heavy atom. The Balaban J connectivity index is 3.14. The fourth-order valence-electron chi connectivity index (χ4n) is 2.98. The third kappa shape index (κ3) is 3.07. The van der Waals surface area contributed by atoms with Gasteiger partial charge < -0.3 is 15.6 Å². The fourth-order valence-corrected chi connectivity index (χ4v) is 2.98. The van der Waals surface area contributed by atoms with E-state index < -0.39 is 17.3 Å². The fraction of sp³-hybridized carbons (Fsp3) is 0.533. The van der Waals surface area contributed by atoms with Crippen LogP contribution in [0.1, 0.15) is 27.2 Å². The van der Waals surface area contributed by atoms with Gasteiger partial charge in [0.1, 0.15) is 5.60 Å². The Labute approximate surface area is 114 Å². The molecule has 0 saturated heterocycles. The number of carbonyl (C=O) groups excluding carboxylic acids is 1. The van der Waals surface area contributed by atoms with Crippen LogP contribution in [0.3, 0.4) is 0 Å². The molecule has 0 saturated carbocycles. The van der Waals surface area contributed by atoms with Gasteiger partial charge in [-0.25, -0.2) is 4.79 Å². The van der Waals surface area contributed by atoms with Gasteiger partial charge in [-0.3, -0.25) is 0 Å². The van der Waals surface area contributed by atoms with Crippen molar-refractivity contribution in [3.05, 3.63) is 37.0 Å². The normalized spacial score (nSPS) is 27.9. The van der Waals surface area contributed by atoms with Gasteiger partial charge in [-0.2, -0.15) is 0 Å². The minimum atomic E-state index is -1.13. The molecule has 4 nitrogen and oxygen atoms in total. The van der Waals surface area contributed by atoms with Crippen LogP contribution in [0.4, 0.5) is 4.79 Å². The lowest BCUT2D eigenvalue weighted by Gasteiger charge is -2.45. The van der Waals surface area contributed by atoms with Crippen LogP contribution in [0.25, 0.3) is 0 Å². The molecule has 0 aromatic rings. The lowest BCUT2D eigenvalue weighted by molar-refractivity contribution is -0.0996.